The van der Waals surface area contributed by atoms with E-state index >= 15 is 0 Å². The van der Waals surface area contributed by atoms with Crippen molar-refractivity contribution < 1.29 is 147 Å². The third-order valence-corrected chi connectivity index (χ3v) is 6.54. The van der Waals surface area contributed by atoms with Crippen LogP contribution in [-0.4, -0.2) is 59.7 Å². The van der Waals surface area contributed by atoms with E-state index in [-0.39, 0.29) is 218 Å². The molecule has 4 N–H and O–H groups in total. The predicted molar refractivity (Wildman–Crippen MR) is 203 cm³/mol. The van der Waals surface area contributed by atoms with Gasteiger partial charge in [0.25, 0.3) is 0 Å². The van der Waals surface area contributed by atoms with Crippen LogP contribution in [0.1, 0.15) is 29.7 Å². The molecule has 4 aromatic rings. The molecule has 0 saturated carbocycles. The van der Waals surface area contributed by atoms with E-state index in [0.29, 0.717) is 0 Å². The standard InChI is InChI=1S/C12H8Cl2S.C12H9ClOS.4CH4.ClH.6Na.2H2O.3H2S/c2*13-9-1-5-11(6-2-9)15-12-7-3-10(14)4-8-12;;;;;;;;;;;;;;;;/h1-8H;1-8,14H;4*1H4;1H;;;;;;;5*1H2/q;;;;;;;;;4*+1;;;;;/p-4. The minimum absolute atomic E-state index is 0. The van der Waals surface area contributed by atoms with Crippen LogP contribution in [-0.2, 0) is 27.0 Å². The van der Waals surface area contributed by atoms with Gasteiger partial charge >= 0.3 is 162 Å². The molecule has 4 aromatic carbocycles. The molecule has 0 aromatic heterocycles. The van der Waals surface area contributed by atoms with Crippen molar-refractivity contribution in [2.24, 2.45) is 0 Å². The van der Waals surface area contributed by atoms with Gasteiger partial charge in [0.15, 0.2) is 0 Å². The Hall–Kier alpha value is 5.51. The molecular formula is C28H40Cl4Na6O3S5. The number of aromatic hydroxyl groups is 1. The summed E-state index contributed by atoms with van der Waals surface area (Å²) in [6.45, 7) is 0. The number of thiol groups is 2. The van der Waals surface area contributed by atoms with Crippen LogP contribution in [0.15, 0.2) is 117 Å². The van der Waals surface area contributed by atoms with Crippen molar-refractivity contribution in [3.63, 3.8) is 0 Å². The van der Waals surface area contributed by atoms with E-state index in [4.69, 9.17) is 39.9 Å². The van der Waals surface area contributed by atoms with Crippen LogP contribution < -0.4 is 131 Å². The number of benzene rings is 4. The fourth-order valence-corrected chi connectivity index (χ4v) is 4.31. The summed E-state index contributed by atoms with van der Waals surface area (Å²) < 4.78 is 0. The first-order valence-corrected chi connectivity index (χ1v) is 20.7. The molecule has 0 radical (unpaired) electrons. The molecule has 0 aliphatic heterocycles. The molecule has 0 bridgehead atoms. The zero-order chi connectivity index (χ0) is 23.3. The summed E-state index contributed by atoms with van der Waals surface area (Å²) in [6, 6.07) is 30.4. The SMILES string of the molecule is C.C.C.C.Clc1ccc(Sc2ccc(Cl)cc2)cc1.O.Oc1ccc(Sc2ccc(Cl)cc2)cc1.S.[Cl-].[Na+].[Na+].[Na+].[Na+].[Na][Na].[OH-].[SH-].[SH-]. The first-order valence-electron chi connectivity index (χ1n) is 9.89. The second kappa shape index (κ2) is 54.9. The summed E-state index contributed by atoms with van der Waals surface area (Å²) in [7, 11) is 0. The molecule has 0 atom stereocenters. The maximum atomic E-state index is 9.13. The van der Waals surface area contributed by atoms with Gasteiger partial charge in [-0.25, -0.2) is 0 Å². The molecule has 46 heavy (non-hydrogen) atoms. The third kappa shape index (κ3) is 40.7. The number of hydrogen-bond acceptors (Lipinski definition) is 6. The van der Waals surface area contributed by atoms with Gasteiger partial charge in [0.2, 0.25) is 0 Å². The van der Waals surface area contributed by atoms with Crippen molar-refractivity contribution in [1.82, 2.24) is 0 Å². The molecule has 0 amide bonds. The number of phenols is 1. The van der Waals surface area contributed by atoms with Crippen molar-refractivity contribution in [1.29, 1.82) is 0 Å². The number of hydrogen-bond donors (Lipinski definition) is 1. The Morgan fingerprint density at radius 1 is 0.457 bits per heavy atom. The minimum Gasteiger partial charge on any atom is -0.870 e. The van der Waals surface area contributed by atoms with Crippen molar-refractivity contribution in [3.05, 3.63) is 112 Å². The maximum absolute atomic E-state index is 9.13. The molecule has 234 valence electrons. The fourth-order valence-electron chi connectivity index (χ4n) is 2.29. The number of rotatable bonds is 4. The van der Waals surface area contributed by atoms with Crippen LogP contribution >= 0.6 is 71.8 Å². The molecule has 3 nitrogen and oxygen atoms in total. The van der Waals surface area contributed by atoms with E-state index in [1.165, 1.54) is 53.4 Å². The van der Waals surface area contributed by atoms with Gasteiger partial charge in [0.1, 0.15) is 5.75 Å². The quantitative estimate of drug-likeness (QED) is 0.126. The summed E-state index contributed by atoms with van der Waals surface area (Å²) in [5, 5.41) is 11.4. The predicted octanol–water partition coefficient (Wildman–Crippen LogP) is -5.28. The van der Waals surface area contributed by atoms with Crippen LogP contribution in [0, 0.1) is 0 Å². The Labute approximate surface area is 447 Å². The maximum Gasteiger partial charge on any atom is -0.813 e. The van der Waals surface area contributed by atoms with Gasteiger partial charge in [0, 0.05) is 34.6 Å². The van der Waals surface area contributed by atoms with Crippen LogP contribution in [0.25, 0.3) is 0 Å². The van der Waals surface area contributed by atoms with Crippen molar-refractivity contribution in [2.75, 3.05) is 0 Å². The monoisotopic (exact) mass is 862 g/mol. The normalized spacial score (nSPS) is 6.85. The zero-order valence-electron chi connectivity index (χ0n) is 24.4. The van der Waals surface area contributed by atoms with Crippen molar-refractivity contribution >= 4 is 142 Å². The van der Waals surface area contributed by atoms with E-state index in [2.05, 4.69) is 0 Å². The van der Waals surface area contributed by atoms with Crippen LogP contribution in [0.3, 0.4) is 0 Å². The second-order valence-electron chi connectivity index (χ2n) is 6.06. The second-order valence-corrected chi connectivity index (χ2v) is 9.66. The fraction of sp³-hybridized carbons (Fsp3) is 0.143. The number of halogens is 4. The van der Waals surface area contributed by atoms with Gasteiger partial charge in [-0.1, -0.05) is 88.0 Å². The summed E-state index contributed by atoms with van der Waals surface area (Å²) >= 11 is 23.6. The molecule has 0 fully saturated rings. The first kappa shape index (κ1) is 88.6. The molecule has 0 heterocycles. The van der Waals surface area contributed by atoms with Crippen molar-refractivity contribution in [2.45, 2.75) is 49.3 Å². The molecule has 0 saturated heterocycles. The molecule has 0 aliphatic carbocycles. The van der Waals surface area contributed by atoms with Gasteiger partial charge in [0.05, 0.1) is 0 Å². The Kier molecular flexibility index (Phi) is 106. The van der Waals surface area contributed by atoms with E-state index in [9.17, 15) is 0 Å². The molecule has 0 spiro atoms. The zero-order valence-corrected chi connectivity index (χ0v) is 43.8. The van der Waals surface area contributed by atoms with Crippen molar-refractivity contribution in [3.8, 4) is 5.75 Å². The van der Waals surface area contributed by atoms with Crippen LogP contribution in [0.4, 0.5) is 0 Å². The average Bonchev–Trinajstić information content (AvgIpc) is 2.82. The first-order chi connectivity index (χ1) is 15.5. The van der Waals surface area contributed by atoms with E-state index < -0.39 is 0 Å². The van der Waals surface area contributed by atoms with Crippen LogP contribution in [0.5, 0.6) is 5.75 Å². The molecule has 18 heteroatoms. The molecule has 0 unspecified atom stereocenters. The Bertz CT molecular complexity index is 923. The van der Waals surface area contributed by atoms with E-state index in [0.717, 1.165) is 24.9 Å². The Morgan fingerprint density at radius 3 is 0.783 bits per heavy atom. The summed E-state index contributed by atoms with van der Waals surface area (Å²) in [4.78, 5) is 4.56. The summed E-state index contributed by atoms with van der Waals surface area (Å²) in [6.07, 6.45) is 0. The Morgan fingerprint density at radius 2 is 0.609 bits per heavy atom. The Balaban J connectivity index is -0.0000000316. The third-order valence-electron chi connectivity index (χ3n) is 3.75. The van der Waals surface area contributed by atoms with E-state index in [1.807, 2.05) is 84.9 Å². The average molecular weight is 865 g/mol. The van der Waals surface area contributed by atoms with Gasteiger partial charge < -0.3 is 55.5 Å². The molecular weight excluding hydrogens is 824 g/mol. The van der Waals surface area contributed by atoms with Gasteiger partial charge in [-0.15, -0.1) is 0 Å². The summed E-state index contributed by atoms with van der Waals surface area (Å²) in [5.41, 5.74) is 0. The number of phenolic OH excluding ortho intramolecular Hbond substituents is 1. The van der Waals surface area contributed by atoms with Gasteiger partial charge in [-0.3, -0.25) is 0 Å². The smallest absolute Gasteiger partial charge is 0.813 e. The summed E-state index contributed by atoms with van der Waals surface area (Å²) in [5.74, 6) is 0.287. The van der Waals surface area contributed by atoms with E-state index in [1.54, 1.807) is 35.7 Å². The van der Waals surface area contributed by atoms with Crippen LogP contribution in [0.2, 0.25) is 15.1 Å². The topological polar surface area (TPSA) is 81.7 Å². The van der Waals surface area contributed by atoms with Gasteiger partial charge in [-0.05, 0) is 97.1 Å². The van der Waals surface area contributed by atoms with Gasteiger partial charge in [-0.2, -0.15) is 13.5 Å². The molecule has 0 aliphatic rings. The molecule has 4 rings (SSSR count). The minimum atomic E-state index is 0. The largest absolute Gasteiger partial charge is 0.870 e.